The minimum atomic E-state index is -0.209. The number of aryl methyl sites for hydroxylation is 3. The Morgan fingerprint density at radius 3 is 2.86 bits per heavy atom. The standard InChI is InChI=1S/C21H25N5O2/c1-12-7-8-22-16(9-12)14(3)23-17(27)11-28-18-10-13(2)19-20(15-5-6-15)25-26(4)21(19)24-18/h7-10,14-15H,5-6,11H2,1-4H3,(H,23,27). The van der Waals surface area contributed by atoms with Crippen molar-refractivity contribution in [2.45, 2.75) is 45.6 Å². The molecule has 146 valence electrons. The van der Waals surface area contributed by atoms with Crippen LogP contribution in [0.15, 0.2) is 24.4 Å². The molecule has 0 aromatic carbocycles. The number of hydrogen-bond donors (Lipinski definition) is 1. The molecule has 1 N–H and O–H groups in total. The molecular weight excluding hydrogens is 354 g/mol. The van der Waals surface area contributed by atoms with Crippen LogP contribution in [0.2, 0.25) is 0 Å². The number of aromatic nitrogens is 4. The topological polar surface area (TPSA) is 81.9 Å². The molecule has 3 aromatic rings. The Hall–Kier alpha value is -2.96. The molecule has 1 aliphatic rings. The van der Waals surface area contributed by atoms with Crippen molar-refractivity contribution in [3.8, 4) is 5.88 Å². The Balaban J connectivity index is 1.43. The SMILES string of the molecule is Cc1ccnc(C(C)NC(=O)COc2cc(C)c3c(C4CC4)nn(C)c3n2)c1. The van der Waals surface area contributed by atoms with Gasteiger partial charge in [-0.25, -0.2) is 0 Å². The van der Waals surface area contributed by atoms with E-state index >= 15 is 0 Å². The second-order valence-electron chi connectivity index (χ2n) is 7.60. The first-order valence-electron chi connectivity index (χ1n) is 9.61. The van der Waals surface area contributed by atoms with Gasteiger partial charge in [-0.1, -0.05) is 0 Å². The quantitative estimate of drug-likeness (QED) is 0.712. The van der Waals surface area contributed by atoms with Gasteiger partial charge in [0, 0.05) is 30.6 Å². The number of ether oxygens (including phenoxy) is 1. The number of rotatable bonds is 6. The third kappa shape index (κ3) is 3.69. The highest BCUT2D eigenvalue weighted by Crippen LogP contribution is 2.43. The highest BCUT2D eigenvalue weighted by molar-refractivity contribution is 5.84. The maximum Gasteiger partial charge on any atom is 0.258 e. The number of hydrogen-bond acceptors (Lipinski definition) is 5. The molecule has 1 atom stereocenters. The highest BCUT2D eigenvalue weighted by atomic mass is 16.5. The first-order chi connectivity index (χ1) is 13.4. The van der Waals surface area contributed by atoms with E-state index in [4.69, 9.17) is 4.74 Å². The predicted octanol–water partition coefficient (Wildman–Crippen LogP) is 3.11. The lowest BCUT2D eigenvalue weighted by molar-refractivity contribution is -0.123. The van der Waals surface area contributed by atoms with Crippen molar-refractivity contribution in [2.75, 3.05) is 6.61 Å². The van der Waals surface area contributed by atoms with Crippen molar-refractivity contribution in [3.05, 3.63) is 46.9 Å². The summed E-state index contributed by atoms with van der Waals surface area (Å²) in [7, 11) is 1.90. The number of amides is 1. The molecule has 0 spiro atoms. The van der Waals surface area contributed by atoms with Crippen LogP contribution in [0.4, 0.5) is 0 Å². The lowest BCUT2D eigenvalue weighted by Crippen LogP contribution is -2.31. The van der Waals surface area contributed by atoms with E-state index in [1.807, 2.05) is 46.0 Å². The molecule has 1 unspecified atom stereocenters. The lowest BCUT2D eigenvalue weighted by atomic mass is 10.1. The van der Waals surface area contributed by atoms with Crippen molar-refractivity contribution < 1.29 is 9.53 Å². The highest BCUT2D eigenvalue weighted by Gasteiger charge is 2.30. The fourth-order valence-electron chi connectivity index (χ4n) is 3.45. The van der Waals surface area contributed by atoms with Crippen molar-refractivity contribution in [1.29, 1.82) is 0 Å². The Kier molecular flexibility index (Phi) is 4.75. The smallest absolute Gasteiger partial charge is 0.258 e. The number of pyridine rings is 2. The van der Waals surface area contributed by atoms with Crippen LogP contribution in [0.3, 0.4) is 0 Å². The third-order valence-corrected chi connectivity index (χ3v) is 5.07. The maximum absolute atomic E-state index is 12.3. The van der Waals surface area contributed by atoms with E-state index in [-0.39, 0.29) is 18.6 Å². The van der Waals surface area contributed by atoms with Gasteiger partial charge in [-0.15, -0.1) is 0 Å². The minimum absolute atomic E-state index is 0.0958. The summed E-state index contributed by atoms with van der Waals surface area (Å²) in [6.07, 6.45) is 4.13. The molecule has 1 saturated carbocycles. The van der Waals surface area contributed by atoms with Gasteiger partial charge in [-0.2, -0.15) is 10.1 Å². The summed E-state index contributed by atoms with van der Waals surface area (Å²) in [6, 6.07) is 5.59. The van der Waals surface area contributed by atoms with Crippen molar-refractivity contribution >= 4 is 16.9 Å². The Morgan fingerprint density at radius 2 is 2.14 bits per heavy atom. The van der Waals surface area contributed by atoms with Gasteiger partial charge in [0.1, 0.15) is 0 Å². The number of carbonyl (C=O) groups excluding carboxylic acids is 1. The second kappa shape index (κ2) is 7.22. The summed E-state index contributed by atoms with van der Waals surface area (Å²) in [6.45, 7) is 5.85. The number of fused-ring (bicyclic) bond motifs is 1. The summed E-state index contributed by atoms with van der Waals surface area (Å²) < 4.78 is 7.47. The van der Waals surface area contributed by atoms with Crippen LogP contribution < -0.4 is 10.1 Å². The number of nitrogens with zero attached hydrogens (tertiary/aromatic N) is 4. The monoisotopic (exact) mass is 379 g/mol. The molecule has 1 fully saturated rings. The van der Waals surface area contributed by atoms with Crippen LogP contribution in [0.25, 0.3) is 11.0 Å². The van der Waals surface area contributed by atoms with E-state index in [1.165, 1.54) is 12.8 Å². The molecule has 7 heteroatoms. The van der Waals surface area contributed by atoms with Gasteiger partial charge < -0.3 is 10.1 Å². The van der Waals surface area contributed by atoms with Gasteiger partial charge >= 0.3 is 0 Å². The summed E-state index contributed by atoms with van der Waals surface area (Å²) >= 11 is 0. The molecule has 4 rings (SSSR count). The molecule has 3 heterocycles. The Bertz CT molecular complexity index is 1040. The zero-order valence-corrected chi connectivity index (χ0v) is 16.7. The summed E-state index contributed by atoms with van der Waals surface area (Å²) in [5, 5.41) is 8.67. The van der Waals surface area contributed by atoms with Crippen LogP contribution in [-0.2, 0) is 11.8 Å². The average molecular weight is 379 g/mol. The van der Waals surface area contributed by atoms with E-state index < -0.39 is 0 Å². The van der Waals surface area contributed by atoms with Crippen LogP contribution in [0.5, 0.6) is 5.88 Å². The van der Waals surface area contributed by atoms with Gasteiger partial charge in [0.2, 0.25) is 5.88 Å². The van der Waals surface area contributed by atoms with E-state index in [1.54, 1.807) is 10.9 Å². The van der Waals surface area contributed by atoms with E-state index in [9.17, 15) is 4.79 Å². The molecule has 28 heavy (non-hydrogen) atoms. The molecular formula is C21H25N5O2. The molecule has 0 radical (unpaired) electrons. The summed E-state index contributed by atoms with van der Waals surface area (Å²) in [5.41, 5.74) is 4.94. The summed E-state index contributed by atoms with van der Waals surface area (Å²) in [4.78, 5) is 21.2. The number of nitrogens with one attached hydrogen (secondary N) is 1. The van der Waals surface area contributed by atoms with Crippen LogP contribution in [0.1, 0.15) is 54.2 Å². The van der Waals surface area contributed by atoms with Gasteiger partial charge in [0.25, 0.3) is 5.91 Å². The fourth-order valence-corrected chi connectivity index (χ4v) is 3.45. The lowest BCUT2D eigenvalue weighted by Gasteiger charge is -2.14. The van der Waals surface area contributed by atoms with Crippen LogP contribution in [0, 0.1) is 13.8 Å². The Labute approximate surface area is 164 Å². The van der Waals surface area contributed by atoms with Crippen LogP contribution in [-0.4, -0.2) is 32.3 Å². The van der Waals surface area contributed by atoms with Gasteiger partial charge in [0.15, 0.2) is 12.3 Å². The van der Waals surface area contributed by atoms with E-state index in [0.29, 0.717) is 11.8 Å². The Morgan fingerprint density at radius 1 is 1.36 bits per heavy atom. The van der Waals surface area contributed by atoms with Gasteiger partial charge in [-0.3, -0.25) is 14.5 Å². The number of carbonyl (C=O) groups is 1. The van der Waals surface area contributed by atoms with Gasteiger partial charge in [-0.05, 0) is 56.9 Å². The predicted molar refractivity (Wildman–Crippen MR) is 106 cm³/mol. The minimum Gasteiger partial charge on any atom is -0.468 e. The molecule has 0 aliphatic heterocycles. The summed E-state index contributed by atoms with van der Waals surface area (Å²) in [5.74, 6) is 0.782. The third-order valence-electron chi connectivity index (χ3n) is 5.07. The van der Waals surface area contributed by atoms with Crippen molar-refractivity contribution in [3.63, 3.8) is 0 Å². The van der Waals surface area contributed by atoms with Crippen molar-refractivity contribution in [2.24, 2.45) is 7.05 Å². The largest absolute Gasteiger partial charge is 0.468 e. The van der Waals surface area contributed by atoms with Crippen LogP contribution >= 0.6 is 0 Å². The molecule has 3 aromatic heterocycles. The normalized spacial score (nSPS) is 14.9. The fraction of sp³-hybridized carbons (Fsp3) is 0.429. The zero-order valence-electron chi connectivity index (χ0n) is 16.7. The maximum atomic E-state index is 12.3. The van der Waals surface area contributed by atoms with E-state index in [2.05, 4.69) is 20.4 Å². The van der Waals surface area contributed by atoms with E-state index in [0.717, 1.165) is 33.5 Å². The average Bonchev–Trinajstić information content (AvgIpc) is 3.44. The van der Waals surface area contributed by atoms with Crippen molar-refractivity contribution in [1.82, 2.24) is 25.1 Å². The zero-order chi connectivity index (χ0) is 19.8. The molecule has 0 bridgehead atoms. The van der Waals surface area contributed by atoms with Gasteiger partial charge in [0.05, 0.1) is 17.4 Å². The second-order valence-corrected chi connectivity index (χ2v) is 7.60. The molecule has 0 saturated heterocycles. The first-order valence-corrected chi connectivity index (χ1v) is 9.61. The molecule has 1 aliphatic carbocycles. The molecule has 7 nitrogen and oxygen atoms in total. The first kappa shape index (κ1) is 18.4. The molecule has 1 amide bonds.